The van der Waals surface area contributed by atoms with Crippen LogP contribution in [0.5, 0.6) is 0 Å². The smallest absolute Gasteiger partial charge is 0.328 e. The summed E-state index contributed by atoms with van der Waals surface area (Å²) < 4.78 is 4.73. The molecular formula is C58H76N20O3. The molecule has 23 nitrogen and oxygen atoms in total. The van der Waals surface area contributed by atoms with Gasteiger partial charge in [0.2, 0.25) is 0 Å². The van der Waals surface area contributed by atoms with Crippen LogP contribution < -0.4 is 34.3 Å². The van der Waals surface area contributed by atoms with Gasteiger partial charge in [-0.3, -0.25) is 38.5 Å². The average Bonchev–Trinajstić information content (AvgIpc) is 4.46. The van der Waals surface area contributed by atoms with E-state index in [1.54, 1.807) is 34.5 Å². The number of aromatic amines is 3. The number of fused-ring (bicyclic) bond motifs is 3. The molecule has 426 valence electrons. The number of hydrogen-bond donors (Lipinski definition) is 6. The van der Waals surface area contributed by atoms with E-state index in [1.165, 1.54) is 64.2 Å². The molecule has 0 amide bonds. The first-order valence-corrected chi connectivity index (χ1v) is 28.6. The summed E-state index contributed by atoms with van der Waals surface area (Å²) in [5.41, 5.74) is 26.1. The fraction of sp³-hybridized carbons (Fsp3) is 0.483. The van der Waals surface area contributed by atoms with Gasteiger partial charge < -0.3 is 32.2 Å². The predicted octanol–water partition coefficient (Wildman–Crippen LogP) is 6.34. The lowest BCUT2D eigenvalue weighted by Gasteiger charge is -2.31. The number of H-pyrrole nitrogens is 3. The molecule has 9 N–H and O–H groups in total. The van der Waals surface area contributed by atoms with Gasteiger partial charge in [-0.1, -0.05) is 64.2 Å². The van der Waals surface area contributed by atoms with E-state index in [0.29, 0.717) is 82.2 Å². The van der Waals surface area contributed by atoms with Gasteiger partial charge in [-0.15, -0.1) is 0 Å². The number of nitrogens with one attached hydrogen (secondary N) is 3. The average molecular weight is 1100 g/mol. The van der Waals surface area contributed by atoms with Crippen LogP contribution in [0.25, 0.3) is 33.5 Å². The van der Waals surface area contributed by atoms with E-state index in [4.69, 9.17) is 17.2 Å². The standard InChI is InChI=1S/C20H27N7O.C19H25N7O.C19H24N6O/c1-3-14-6-8-26(9-7-14)12-16-5-4-15(10-22-16)11-27-19-17(25-20(27)28)18(21)23-13(2)24-19;1-12-5-7-25(8-6-12)11-15-4-3-14(9-21-15)10-26-18-16(24-19(26)27)17(20)22-13(2)23-18;1-12-22-17(20)16-18(23-12)25(19(26)24-16)11-14-7-9-15(21-10-14)8-6-13-4-2-3-5-13/h4-5,10,14H,3,6-9,11-12H2,1-2H3,(H,25,28)(H2,21,23,24);3-4,9,12H,5-8,10-11H2,1-2H3,(H,24,27)(H2,20,22,23);7,9-10,13H,2-6,8,11H2,1H3,(H,24,26)(H2,20,22,23). The van der Waals surface area contributed by atoms with E-state index in [-0.39, 0.29) is 22.9 Å². The molecule has 12 rings (SSSR count). The molecule has 0 bridgehead atoms. The molecule has 3 fully saturated rings. The van der Waals surface area contributed by atoms with Crippen molar-refractivity contribution in [2.24, 2.45) is 17.8 Å². The van der Waals surface area contributed by atoms with Crippen molar-refractivity contribution >= 4 is 50.9 Å². The summed E-state index contributed by atoms with van der Waals surface area (Å²) in [6.07, 6.45) is 19.6. The van der Waals surface area contributed by atoms with Gasteiger partial charge in [-0.05, 0) is 138 Å². The van der Waals surface area contributed by atoms with E-state index >= 15 is 0 Å². The van der Waals surface area contributed by atoms with Gasteiger partial charge in [0.15, 0.2) is 34.4 Å². The molecule has 1 aliphatic carbocycles. The first-order valence-electron chi connectivity index (χ1n) is 28.6. The molecule has 3 aliphatic rings. The van der Waals surface area contributed by atoms with Crippen LogP contribution in [-0.4, -0.2) is 109 Å². The minimum Gasteiger partial charge on any atom is -0.382 e. The molecule has 2 aliphatic heterocycles. The Kier molecular flexibility index (Phi) is 17.4. The second kappa shape index (κ2) is 25.1. The number of piperidine rings is 2. The highest BCUT2D eigenvalue weighted by Crippen LogP contribution is 2.29. The normalized spacial score (nSPS) is 15.8. The Balaban J connectivity index is 0.000000136. The first kappa shape index (κ1) is 56.1. The number of nitrogens with two attached hydrogens (primary N) is 3. The highest BCUT2D eigenvalue weighted by Gasteiger charge is 2.21. The van der Waals surface area contributed by atoms with Gasteiger partial charge in [-0.25, -0.2) is 44.3 Å². The largest absolute Gasteiger partial charge is 0.382 e. The van der Waals surface area contributed by atoms with Gasteiger partial charge in [0, 0.05) is 37.4 Å². The quantitative estimate of drug-likeness (QED) is 0.0692. The van der Waals surface area contributed by atoms with Crippen molar-refractivity contribution in [3.05, 3.63) is 138 Å². The maximum atomic E-state index is 12.3. The van der Waals surface area contributed by atoms with Crippen LogP contribution in [0.15, 0.2) is 69.4 Å². The molecule has 0 atom stereocenters. The summed E-state index contributed by atoms with van der Waals surface area (Å²) >= 11 is 0. The maximum Gasteiger partial charge on any atom is 0.328 e. The number of aromatic nitrogens is 15. The summed E-state index contributed by atoms with van der Waals surface area (Å²) in [7, 11) is 0. The van der Waals surface area contributed by atoms with E-state index in [2.05, 4.69) is 95.6 Å². The predicted molar refractivity (Wildman–Crippen MR) is 314 cm³/mol. The zero-order chi connectivity index (χ0) is 56.7. The summed E-state index contributed by atoms with van der Waals surface area (Å²) in [6, 6.07) is 12.3. The summed E-state index contributed by atoms with van der Waals surface area (Å²) in [6.45, 7) is 17.4. The minimum absolute atomic E-state index is 0.239. The van der Waals surface area contributed by atoms with Crippen LogP contribution in [0, 0.1) is 38.5 Å². The van der Waals surface area contributed by atoms with Crippen molar-refractivity contribution in [3.63, 3.8) is 0 Å². The lowest BCUT2D eigenvalue weighted by atomic mass is 9.94. The molecule has 2 saturated heterocycles. The highest BCUT2D eigenvalue weighted by atomic mass is 16.2. The van der Waals surface area contributed by atoms with Crippen molar-refractivity contribution in [2.45, 2.75) is 138 Å². The number of nitrogens with zero attached hydrogens (tertiary/aromatic N) is 14. The van der Waals surface area contributed by atoms with Crippen LogP contribution in [-0.2, 0) is 39.1 Å². The Labute approximate surface area is 469 Å². The Morgan fingerprint density at radius 3 is 1.21 bits per heavy atom. The van der Waals surface area contributed by atoms with E-state index < -0.39 is 0 Å². The fourth-order valence-electron chi connectivity index (χ4n) is 11.3. The number of aryl methyl sites for hydroxylation is 4. The number of rotatable bonds is 14. The van der Waals surface area contributed by atoms with E-state index in [0.717, 1.165) is 97.2 Å². The number of hydrogen-bond acceptors (Lipinski definition) is 17. The third-order valence-electron chi connectivity index (χ3n) is 16.2. The zero-order valence-electron chi connectivity index (χ0n) is 47.3. The molecule has 0 radical (unpaired) electrons. The van der Waals surface area contributed by atoms with E-state index in [1.807, 2.05) is 42.9 Å². The van der Waals surface area contributed by atoms with Crippen LogP contribution in [0.2, 0.25) is 0 Å². The fourth-order valence-corrected chi connectivity index (χ4v) is 11.3. The first-order chi connectivity index (χ1) is 39.1. The number of nitrogen functional groups attached to an aromatic ring is 3. The zero-order valence-corrected chi connectivity index (χ0v) is 47.3. The summed E-state index contributed by atoms with van der Waals surface area (Å²) in [5.74, 6) is 5.07. The van der Waals surface area contributed by atoms with Gasteiger partial charge in [-0.2, -0.15) is 0 Å². The highest BCUT2D eigenvalue weighted by molar-refractivity contribution is 5.83. The summed E-state index contributed by atoms with van der Waals surface area (Å²) in [4.78, 5) is 89.3. The second-order valence-electron chi connectivity index (χ2n) is 22.4. The molecule has 9 aromatic rings. The molecule has 1 saturated carbocycles. The number of anilines is 3. The Hall–Kier alpha value is -8.18. The third-order valence-corrected chi connectivity index (χ3v) is 16.2. The molecule has 9 aromatic heterocycles. The monoisotopic (exact) mass is 1100 g/mol. The van der Waals surface area contributed by atoms with Crippen molar-refractivity contribution in [1.29, 1.82) is 0 Å². The number of pyridine rings is 3. The topological polar surface area (TPSA) is 314 Å². The molecule has 81 heavy (non-hydrogen) atoms. The molecule has 23 heteroatoms. The van der Waals surface area contributed by atoms with Gasteiger partial charge in [0.05, 0.1) is 31.0 Å². The lowest BCUT2D eigenvalue weighted by Crippen LogP contribution is -2.33. The van der Waals surface area contributed by atoms with Crippen LogP contribution in [0.1, 0.15) is 129 Å². The van der Waals surface area contributed by atoms with Crippen molar-refractivity contribution in [2.75, 3.05) is 43.4 Å². The SMILES string of the molecule is CCC1CCN(Cc2ccc(Cn3c(=O)[nH]c4c(N)nc(C)nc43)cn2)CC1.Cc1nc(N)c2[nH]c(=O)n(Cc3ccc(CCC4CCCC4)nc3)c2n1.Cc1nc(N)c2[nH]c(=O)n(Cc3ccc(CN4CCC(C)CC4)nc3)c2n1. The Morgan fingerprint density at radius 1 is 0.481 bits per heavy atom. The third kappa shape index (κ3) is 13.7. The minimum atomic E-state index is -0.247. The number of likely N-dealkylation sites (tertiary alicyclic amines) is 2. The van der Waals surface area contributed by atoms with Crippen molar-refractivity contribution in [3.8, 4) is 0 Å². The van der Waals surface area contributed by atoms with Gasteiger partial charge in [0.1, 0.15) is 34.0 Å². The number of imidazole rings is 3. The Bertz CT molecular complexity index is 3760. The van der Waals surface area contributed by atoms with Crippen LogP contribution in [0.3, 0.4) is 0 Å². The second-order valence-corrected chi connectivity index (χ2v) is 22.4. The van der Waals surface area contributed by atoms with Crippen LogP contribution >= 0.6 is 0 Å². The van der Waals surface area contributed by atoms with Crippen molar-refractivity contribution in [1.82, 2.24) is 83.3 Å². The molecule has 0 unspecified atom stereocenters. The van der Waals surface area contributed by atoms with Gasteiger partial charge >= 0.3 is 17.1 Å². The summed E-state index contributed by atoms with van der Waals surface area (Å²) in [5, 5.41) is 0. The Morgan fingerprint density at radius 2 is 0.852 bits per heavy atom. The molecule has 11 heterocycles. The van der Waals surface area contributed by atoms with Gasteiger partial charge in [0.25, 0.3) is 0 Å². The molecule has 0 aromatic carbocycles. The van der Waals surface area contributed by atoms with Crippen molar-refractivity contribution < 1.29 is 0 Å². The van der Waals surface area contributed by atoms with E-state index in [9.17, 15) is 14.4 Å². The lowest BCUT2D eigenvalue weighted by molar-refractivity contribution is 0.173. The maximum absolute atomic E-state index is 12.3. The van der Waals surface area contributed by atoms with Crippen LogP contribution in [0.4, 0.5) is 17.5 Å². The molecule has 0 spiro atoms. The molecular weight excluding hydrogens is 1020 g/mol.